The van der Waals surface area contributed by atoms with Crippen LogP contribution in [0, 0.1) is 18.3 Å². The van der Waals surface area contributed by atoms with Crippen LogP contribution in [0.1, 0.15) is 21.6 Å². The van der Waals surface area contributed by atoms with Crippen LogP contribution in [0.25, 0.3) is 22.4 Å². The number of nitrogens with zero attached hydrogens (tertiary/aromatic N) is 3. The SMILES string of the molecule is Cc1nc(-c2cccc(Cl)c2)cc(-c2cccc(C#N)c2)c1C(=O)NCCN1CCOCC1. The third-order valence-electron chi connectivity index (χ3n) is 5.67. The van der Waals surface area contributed by atoms with E-state index in [-0.39, 0.29) is 5.91 Å². The van der Waals surface area contributed by atoms with Crippen LogP contribution in [0.3, 0.4) is 0 Å². The Morgan fingerprint density at radius 3 is 2.67 bits per heavy atom. The van der Waals surface area contributed by atoms with Gasteiger partial charge >= 0.3 is 0 Å². The summed E-state index contributed by atoms with van der Waals surface area (Å²) in [5, 5.41) is 13.0. The van der Waals surface area contributed by atoms with Gasteiger partial charge in [0.25, 0.3) is 5.91 Å². The topological polar surface area (TPSA) is 78.2 Å². The molecule has 0 aliphatic carbocycles. The number of pyridine rings is 1. The van der Waals surface area contributed by atoms with Gasteiger partial charge in [0.1, 0.15) is 0 Å². The van der Waals surface area contributed by atoms with Crippen molar-refractivity contribution < 1.29 is 9.53 Å². The molecule has 0 radical (unpaired) electrons. The van der Waals surface area contributed by atoms with Crippen LogP contribution in [-0.4, -0.2) is 55.2 Å². The van der Waals surface area contributed by atoms with Crippen molar-refractivity contribution in [2.24, 2.45) is 0 Å². The van der Waals surface area contributed by atoms with Gasteiger partial charge in [0, 0.05) is 36.8 Å². The zero-order valence-corrected chi connectivity index (χ0v) is 19.2. The van der Waals surface area contributed by atoms with Crippen LogP contribution in [0.5, 0.6) is 0 Å². The molecule has 0 bridgehead atoms. The Bertz CT molecular complexity index is 1200. The van der Waals surface area contributed by atoms with Gasteiger partial charge in [-0.25, -0.2) is 0 Å². The Kier molecular flexibility index (Phi) is 7.36. The largest absolute Gasteiger partial charge is 0.379 e. The van der Waals surface area contributed by atoms with Crippen molar-refractivity contribution in [3.8, 4) is 28.5 Å². The zero-order chi connectivity index (χ0) is 23.2. The lowest BCUT2D eigenvalue weighted by molar-refractivity contribution is 0.0383. The van der Waals surface area contributed by atoms with Crippen molar-refractivity contribution in [2.45, 2.75) is 6.92 Å². The van der Waals surface area contributed by atoms with E-state index in [0.717, 1.165) is 55.2 Å². The Morgan fingerprint density at radius 2 is 1.91 bits per heavy atom. The zero-order valence-electron chi connectivity index (χ0n) is 18.5. The van der Waals surface area contributed by atoms with Crippen molar-refractivity contribution >= 4 is 17.5 Å². The summed E-state index contributed by atoms with van der Waals surface area (Å²) >= 11 is 6.19. The molecule has 1 N–H and O–H groups in total. The van der Waals surface area contributed by atoms with Gasteiger partial charge in [0.15, 0.2) is 0 Å². The molecular weight excluding hydrogens is 436 g/mol. The standard InChI is InChI=1S/C26H25ClN4O2/c1-18-25(26(32)29-8-9-31-10-12-33-13-11-31)23(20-5-2-4-19(14-20)17-28)16-24(30-18)21-6-3-7-22(27)15-21/h2-7,14-16H,8-13H2,1H3,(H,29,32). The van der Waals surface area contributed by atoms with Gasteiger partial charge in [-0.3, -0.25) is 14.7 Å². The normalized spacial score (nSPS) is 14.0. The number of benzene rings is 2. The molecule has 33 heavy (non-hydrogen) atoms. The summed E-state index contributed by atoms with van der Waals surface area (Å²) in [6.45, 7) is 6.33. The van der Waals surface area contributed by atoms with Crippen LogP contribution in [-0.2, 0) is 4.74 Å². The number of aryl methyl sites for hydroxylation is 1. The fourth-order valence-corrected chi connectivity index (χ4v) is 4.17. The molecule has 0 saturated carbocycles. The van der Waals surface area contributed by atoms with Crippen LogP contribution < -0.4 is 5.32 Å². The number of morpholine rings is 1. The van der Waals surface area contributed by atoms with E-state index in [2.05, 4.69) is 16.3 Å². The van der Waals surface area contributed by atoms with E-state index in [1.165, 1.54) is 0 Å². The number of nitriles is 1. The summed E-state index contributed by atoms with van der Waals surface area (Å²) in [4.78, 5) is 20.3. The molecule has 1 saturated heterocycles. The summed E-state index contributed by atoms with van der Waals surface area (Å²) < 4.78 is 5.38. The number of hydrogen-bond acceptors (Lipinski definition) is 5. The van der Waals surface area contributed by atoms with E-state index in [4.69, 9.17) is 21.3 Å². The lowest BCUT2D eigenvalue weighted by Crippen LogP contribution is -2.41. The third kappa shape index (κ3) is 5.58. The Morgan fingerprint density at radius 1 is 1.15 bits per heavy atom. The molecule has 6 nitrogen and oxygen atoms in total. The highest BCUT2D eigenvalue weighted by molar-refractivity contribution is 6.30. The van der Waals surface area contributed by atoms with Crippen molar-refractivity contribution in [3.63, 3.8) is 0 Å². The van der Waals surface area contributed by atoms with Gasteiger partial charge in [0.05, 0.1) is 41.8 Å². The summed E-state index contributed by atoms with van der Waals surface area (Å²) in [5.41, 5.74) is 4.77. The maximum Gasteiger partial charge on any atom is 0.253 e. The average Bonchev–Trinajstić information content (AvgIpc) is 2.84. The molecule has 168 valence electrons. The molecule has 1 aromatic heterocycles. The molecule has 3 aromatic rings. The second kappa shape index (κ2) is 10.6. The van der Waals surface area contributed by atoms with Gasteiger partial charge in [-0.05, 0) is 48.4 Å². The monoisotopic (exact) mass is 460 g/mol. The molecule has 0 unspecified atom stereocenters. The second-order valence-electron chi connectivity index (χ2n) is 7.93. The first-order valence-electron chi connectivity index (χ1n) is 10.9. The molecule has 1 aliphatic rings. The Hall–Kier alpha value is -3.24. The van der Waals surface area contributed by atoms with E-state index in [1.807, 2.05) is 49.4 Å². The quantitative estimate of drug-likeness (QED) is 0.593. The number of carbonyl (C=O) groups is 1. The predicted molar refractivity (Wildman–Crippen MR) is 129 cm³/mol. The van der Waals surface area contributed by atoms with E-state index < -0.39 is 0 Å². The summed E-state index contributed by atoms with van der Waals surface area (Å²) in [5.74, 6) is -0.178. The number of amides is 1. The van der Waals surface area contributed by atoms with Crippen molar-refractivity contribution in [1.82, 2.24) is 15.2 Å². The van der Waals surface area contributed by atoms with Crippen LogP contribution in [0.4, 0.5) is 0 Å². The fourth-order valence-electron chi connectivity index (χ4n) is 3.98. The molecule has 2 aromatic carbocycles. The molecular formula is C26H25ClN4O2. The van der Waals surface area contributed by atoms with E-state index in [0.29, 0.717) is 28.4 Å². The number of carbonyl (C=O) groups excluding carboxylic acids is 1. The lowest BCUT2D eigenvalue weighted by atomic mass is 9.95. The summed E-state index contributed by atoms with van der Waals surface area (Å²) in [7, 11) is 0. The number of nitrogens with one attached hydrogen (secondary N) is 1. The van der Waals surface area contributed by atoms with Gasteiger partial charge in [-0.2, -0.15) is 5.26 Å². The molecule has 4 rings (SSSR count). The summed E-state index contributed by atoms with van der Waals surface area (Å²) in [6.07, 6.45) is 0. The van der Waals surface area contributed by atoms with Gasteiger partial charge in [-0.1, -0.05) is 35.9 Å². The highest BCUT2D eigenvalue weighted by Crippen LogP contribution is 2.31. The smallest absolute Gasteiger partial charge is 0.253 e. The molecule has 2 heterocycles. The second-order valence-corrected chi connectivity index (χ2v) is 8.36. The van der Waals surface area contributed by atoms with Crippen LogP contribution in [0.15, 0.2) is 54.6 Å². The Balaban J connectivity index is 1.68. The molecule has 1 fully saturated rings. The predicted octanol–water partition coefficient (Wildman–Crippen LogP) is 4.31. The number of hydrogen-bond donors (Lipinski definition) is 1. The Labute approximate surface area is 198 Å². The minimum Gasteiger partial charge on any atom is -0.379 e. The highest BCUT2D eigenvalue weighted by Gasteiger charge is 2.20. The molecule has 1 amide bonds. The molecule has 1 aliphatic heterocycles. The fraction of sp³-hybridized carbons (Fsp3) is 0.269. The van der Waals surface area contributed by atoms with Crippen molar-refractivity contribution in [3.05, 3.63) is 76.4 Å². The lowest BCUT2D eigenvalue weighted by Gasteiger charge is -2.26. The highest BCUT2D eigenvalue weighted by atomic mass is 35.5. The van der Waals surface area contributed by atoms with Crippen LogP contribution >= 0.6 is 11.6 Å². The van der Waals surface area contributed by atoms with E-state index in [1.54, 1.807) is 12.1 Å². The van der Waals surface area contributed by atoms with Gasteiger partial charge in [0.2, 0.25) is 0 Å². The first-order valence-corrected chi connectivity index (χ1v) is 11.3. The van der Waals surface area contributed by atoms with E-state index >= 15 is 0 Å². The molecule has 0 atom stereocenters. The van der Waals surface area contributed by atoms with Gasteiger partial charge < -0.3 is 10.1 Å². The average molecular weight is 461 g/mol. The number of halogens is 1. The number of aromatic nitrogens is 1. The maximum atomic E-state index is 13.3. The van der Waals surface area contributed by atoms with Crippen LogP contribution in [0.2, 0.25) is 5.02 Å². The molecule has 7 heteroatoms. The number of ether oxygens (including phenoxy) is 1. The molecule has 0 spiro atoms. The first-order chi connectivity index (χ1) is 16.0. The summed E-state index contributed by atoms with van der Waals surface area (Å²) in [6, 6.07) is 18.8. The minimum absolute atomic E-state index is 0.178. The van der Waals surface area contributed by atoms with Crippen molar-refractivity contribution in [1.29, 1.82) is 5.26 Å². The van der Waals surface area contributed by atoms with Crippen molar-refractivity contribution in [2.75, 3.05) is 39.4 Å². The minimum atomic E-state index is -0.178. The van der Waals surface area contributed by atoms with E-state index in [9.17, 15) is 10.1 Å². The van der Waals surface area contributed by atoms with Gasteiger partial charge in [-0.15, -0.1) is 0 Å². The number of rotatable bonds is 6. The first kappa shape index (κ1) is 22.9. The third-order valence-corrected chi connectivity index (χ3v) is 5.90. The maximum absolute atomic E-state index is 13.3.